The molecule has 11 heteroatoms. The smallest absolute Gasteiger partial charge is 2.00 e. The molecule has 0 heterocycles. The summed E-state index contributed by atoms with van der Waals surface area (Å²) in [6.07, 6.45) is 9.22. The average molecular weight is 464 g/mol. The summed E-state index contributed by atoms with van der Waals surface area (Å²) in [5.74, 6) is 7.49. The van der Waals surface area contributed by atoms with Gasteiger partial charge in [-0.2, -0.15) is 0 Å². The summed E-state index contributed by atoms with van der Waals surface area (Å²) in [6, 6.07) is 10.1. The summed E-state index contributed by atoms with van der Waals surface area (Å²) >= 11 is 0. The minimum absolute atomic E-state index is 0. The predicted molar refractivity (Wildman–Crippen MR) is 83.7 cm³/mol. The van der Waals surface area contributed by atoms with Gasteiger partial charge >= 0.3 is 84.0 Å². The number of halogens is 6. The van der Waals surface area contributed by atoms with E-state index in [1.54, 1.807) is 0 Å². The van der Waals surface area contributed by atoms with Crippen LogP contribution in [0.25, 0.3) is 0 Å². The number of hydrogen-bond donors (Lipinski definition) is 0. The normalized spacial score (nSPS) is 14.6. The summed E-state index contributed by atoms with van der Waals surface area (Å²) in [5.41, 5.74) is 1.07. The van der Waals surface area contributed by atoms with Crippen LogP contribution in [-0.4, -0.2) is 0 Å². The van der Waals surface area contributed by atoms with Crippen molar-refractivity contribution in [2.45, 2.75) is 6.42 Å². The topological polar surface area (TPSA) is 59.7 Å². The van der Waals surface area contributed by atoms with Crippen molar-refractivity contribution in [3.05, 3.63) is 87.4 Å². The van der Waals surface area contributed by atoms with Crippen molar-refractivity contribution < 1.29 is 56.2 Å². The summed E-state index contributed by atoms with van der Waals surface area (Å²) < 4.78 is 81.7. The van der Waals surface area contributed by atoms with E-state index in [1.165, 1.54) is 5.92 Å². The summed E-state index contributed by atoms with van der Waals surface area (Å²) in [6.45, 7) is 13.5. The number of benzene rings is 1. The average Bonchev–Trinajstić information content (AvgIpc) is 2.64. The molecule has 1 aliphatic rings. The standard InChI is InChI=1S/C14H11.3CO.F6P.Fe/c1-3-7-13(8-4-1)11-12-14-9-5-2-6-10-14;3*1-2;1-7(2,3,4,5)6;/h1-9H,10H2;;;;;/q;;;;-1;+2. The largest absolute Gasteiger partial charge is 2.00 e. The minimum atomic E-state index is -10.7. The molecule has 0 bridgehead atoms. The Hall–Kier alpha value is -1.47. The van der Waals surface area contributed by atoms with Crippen molar-refractivity contribution in [3.8, 4) is 11.8 Å². The van der Waals surface area contributed by atoms with Gasteiger partial charge < -0.3 is 0 Å². The van der Waals surface area contributed by atoms with Crippen LogP contribution in [0.2, 0.25) is 0 Å². The minimum Gasteiger partial charge on any atom is 2.00 e. The molecule has 0 saturated heterocycles. The summed E-state index contributed by atoms with van der Waals surface area (Å²) in [7, 11) is -10.7. The van der Waals surface area contributed by atoms with E-state index in [1.807, 2.05) is 43.2 Å². The maximum Gasteiger partial charge on any atom is 2.00 e. The maximum absolute atomic E-state index is 10.7. The van der Waals surface area contributed by atoms with Crippen molar-refractivity contribution in [2.24, 2.45) is 0 Å². The second-order valence-electron chi connectivity index (χ2n) is 4.09. The van der Waals surface area contributed by atoms with Gasteiger partial charge in [-0.05, 0) is 44.2 Å². The fourth-order valence-corrected chi connectivity index (χ4v) is 1.28. The molecule has 1 aromatic carbocycles. The molecule has 0 atom stereocenters. The second-order valence-corrected chi connectivity index (χ2v) is 6.01. The van der Waals surface area contributed by atoms with Gasteiger partial charge in [0.15, 0.2) is 0 Å². The van der Waals surface area contributed by atoms with Gasteiger partial charge in [0.2, 0.25) is 0 Å². The van der Waals surface area contributed by atoms with Crippen LogP contribution in [0.3, 0.4) is 0 Å². The Labute approximate surface area is 170 Å². The van der Waals surface area contributed by atoms with E-state index in [2.05, 4.69) is 44.6 Å². The monoisotopic (exact) mass is 464 g/mol. The molecular weight excluding hydrogens is 453 g/mol. The number of hydrogen-bond acceptors (Lipinski definition) is 0. The van der Waals surface area contributed by atoms with Crippen LogP contribution in [0, 0.1) is 63.4 Å². The van der Waals surface area contributed by atoms with E-state index in [4.69, 9.17) is 14.0 Å². The molecular formula is C17H11F6FeO3P+. The first-order chi connectivity index (χ1) is 12.4. The van der Waals surface area contributed by atoms with Crippen LogP contribution in [0.4, 0.5) is 25.2 Å². The third-order valence-electron chi connectivity index (χ3n) is 2.02. The Morgan fingerprint density at radius 3 is 1.54 bits per heavy atom. The van der Waals surface area contributed by atoms with E-state index in [0.717, 1.165) is 12.0 Å². The third kappa shape index (κ3) is 35.6. The van der Waals surface area contributed by atoms with E-state index in [0.29, 0.717) is 0 Å². The van der Waals surface area contributed by atoms with Gasteiger partial charge in [-0.1, -0.05) is 30.0 Å². The van der Waals surface area contributed by atoms with Gasteiger partial charge in [0.25, 0.3) is 0 Å². The van der Waals surface area contributed by atoms with Crippen molar-refractivity contribution in [1.82, 2.24) is 0 Å². The van der Waals surface area contributed by atoms with Crippen molar-refractivity contribution >= 4 is 7.81 Å². The van der Waals surface area contributed by atoms with Gasteiger partial charge in [-0.3, -0.25) is 0 Å². The van der Waals surface area contributed by atoms with Crippen LogP contribution in [0.15, 0.2) is 30.3 Å². The Morgan fingerprint density at radius 2 is 1.18 bits per heavy atom. The first kappa shape index (κ1) is 34.1. The Balaban J connectivity index is -0.000000177. The number of rotatable bonds is 0. The van der Waals surface area contributed by atoms with Crippen molar-refractivity contribution in [3.63, 3.8) is 0 Å². The summed E-state index contributed by atoms with van der Waals surface area (Å²) in [5, 5.41) is 0. The Kier molecular flexibility index (Phi) is 18.8. The molecule has 3 nitrogen and oxygen atoms in total. The summed E-state index contributed by atoms with van der Waals surface area (Å²) in [4.78, 5) is 0. The molecule has 0 aliphatic heterocycles. The molecule has 0 aromatic heterocycles. The Morgan fingerprint density at radius 1 is 0.750 bits per heavy atom. The molecule has 1 aromatic rings. The maximum atomic E-state index is 9.87. The molecule has 1 aliphatic carbocycles. The van der Waals surface area contributed by atoms with Crippen LogP contribution >= 0.6 is 7.81 Å². The molecule has 28 heavy (non-hydrogen) atoms. The van der Waals surface area contributed by atoms with E-state index in [9.17, 15) is 25.2 Å². The van der Waals surface area contributed by atoms with E-state index in [-0.39, 0.29) is 17.1 Å². The molecule has 1 fully saturated rings. The molecule has 2 rings (SSSR count). The van der Waals surface area contributed by atoms with E-state index < -0.39 is 7.81 Å². The first-order valence-corrected chi connectivity index (χ1v) is 8.37. The van der Waals surface area contributed by atoms with Crippen molar-refractivity contribution in [2.75, 3.05) is 0 Å². The van der Waals surface area contributed by atoms with Crippen LogP contribution < -0.4 is 0 Å². The van der Waals surface area contributed by atoms with Gasteiger partial charge in [0, 0.05) is 5.56 Å². The SMILES string of the molecule is C(#Cc1ccccc1)[C]1[CH][CH][CH][CH]C1.F[P-](F)(F)(F)(F)F.[C-]#[O+].[C-]#[O+].[C-]#[O+].[Fe+2]. The quantitative estimate of drug-likeness (QED) is 0.111. The first-order valence-electron chi connectivity index (χ1n) is 6.34. The molecule has 5 radical (unpaired) electrons. The second kappa shape index (κ2) is 15.5. The zero-order valence-corrected chi connectivity index (χ0v) is 15.7. The molecule has 0 N–H and O–H groups in total. The fraction of sp³-hybridized carbons (Fsp3) is 0.0588. The molecule has 1 saturated carbocycles. The van der Waals surface area contributed by atoms with Gasteiger partial charge in [0.05, 0.1) is 5.92 Å². The van der Waals surface area contributed by atoms with Gasteiger partial charge in [-0.25, -0.2) is 0 Å². The molecule has 151 valence electrons. The molecule has 0 amide bonds. The van der Waals surface area contributed by atoms with Gasteiger partial charge in [-0.15, -0.1) is 0 Å². The van der Waals surface area contributed by atoms with Crippen LogP contribution in [-0.2, 0) is 31.0 Å². The van der Waals surface area contributed by atoms with E-state index >= 15 is 0 Å². The van der Waals surface area contributed by atoms with Crippen LogP contribution in [0.5, 0.6) is 0 Å². The van der Waals surface area contributed by atoms with Gasteiger partial charge in [0.1, 0.15) is 0 Å². The molecule has 0 spiro atoms. The molecule has 0 unspecified atom stereocenters. The van der Waals surface area contributed by atoms with Crippen LogP contribution in [0.1, 0.15) is 12.0 Å². The zero-order chi connectivity index (χ0) is 22.0. The van der Waals surface area contributed by atoms with Crippen molar-refractivity contribution in [1.29, 1.82) is 0 Å². The fourth-order valence-electron chi connectivity index (χ4n) is 1.28. The predicted octanol–water partition coefficient (Wildman–Crippen LogP) is 6.10. The third-order valence-corrected chi connectivity index (χ3v) is 2.02. The Bertz CT molecular complexity index is 614. The zero-order valence-electron chi connectivity index (χ0n) is 13.7.